The molecule has 0 N–H and O–H groups in total. The van der Waals surface area contributed by atoms with Gasteiger partial charge in [-0.25, -0.2) is 0 Å². The van der Waals surface area contributed by atoms with Crippen molar-refractivity contribution in [2.24, 2.45) is 21.1 Å². The fourth-order valence-corrected chi connectivity index (χ4v) is 4.15. The maximum atomic E-state index is 13.5. The number of nitrogens with zero attached hydrogens (tertiary/aromatic N) is 2. The van der Waals surface area contributed by atoms with Gasteiger partial charge in [0.15, 0.2) is 11.5 Å². The Balaban J connectivity index is 1.99. The molecule has 2 aromatic carbocycles. The van der Waals surface area contributed by atoms with E-state index >= 15 is 0 Å². The van der Waals surface area contributed by atoms with Crippen molar-refractivity contribution in [2.75, 3.05) is 0 Å². The van der Waals surface area contributed by atoms with E-state index in [0.717, 1.165) is 33.3 Å². The molecule has 180 valence electrons. The van der Waals surface area contributed by atoms with Gasteiger partial charge in [-0.3, -0.25) is 4.79 Å². The number of Topliss-reactive ketones (excluding diaryl/α,β-unsaturated/α-hetero) is 1. The average Bonchev–Trinajstić information content (AvgIpc) is 3.19. The zero-order valence-corrected chi connectivity index (χ0v) is 22.1. The van der Waals surface area contributed by atoms with Crippen LogP contribution in [-0.2, 0) is 4.79 Å². The lowest BCUT2D eigenvalue weighted by molar-refractivity contribution is -0.114. The Morgan fingerprint density at radius 3 is 2.09 bits per heavy atom. The molecule has 0 saturated heterocycles. The van der Waals surface area contributed by atoms with Gasteiger partial charge < -0.3 is 4.42 Å². The summed E-state index contributed by atoms with van der Waals surface area (Å²) in [6.45, 7) is 14.3. The van der Waals surface area contributed by atoms with Gasteiger partial charge in [-0.1, -0.05) is 77.4 Å². The first-order valence-corrected chi connectivity index (χ1v) is 12.1. The van der Waals surface area contributed by atoms with Crippen molar-refractivity contribution in [2.45, 2.75) is 48.5 Å². The molecule has 3 aromatic rings. The van der Waals surface area contributed by atoms with Crippen LogP contribution in [-0.4, -0.2) is 5.78 Å². The zero-order chi connectivity index (χ0) is 25.5. The first kappa shape index (κ1) is 24.9. The van der Waals surface area contributed by atoms with Crippen LogP contribution in [0.2, 0.25) is 5.02 Å². The predicted octanol–water partition coefficient (Wildman–Crippen LogP) is 9.42. The van der Waals surface area contributed by atoms with Crippen molar-refractivity contribution in [3.05, 3.63) is 93.7 Å². The molecule has 0 atom stereocenters. The number of ketones is 1. The highest BCUT2D eigenvalue weighted by Gasteiger charge is 2.35. The number of para-hydroxylation sites is 1. The lowest BCUT2D eigenvalue weighted by Crippen LogP contribution is -2.28. The summed E-state index contributed by atoms with van der Waals surface area (Å²) in [5.41, 5.74) is 4.53. The van der Waals surface area contributed by atoms with Crippen LogP contribution in [0.5, 0.6) is 0 Å². The highest BCUT2D eigenvalue weighted by Crippen LogP contribution is 2.41. The molecule has 0 spiro atoms. The highest BCUT2D eigenvalue weighted by atomic mass is 35.5. The maximum Gasteiger partial charge on any atom is 0.186 e. The second-order valence-corrected chi connectivity index (χ2v) is 11.4. The van der Waals surface area contributed by atoms with Crippen molar-refractivity contribution >= 4 is 39.7 Å². The Kier molecular flexibility index (Phi) is 6.46. The number of hydrogen-bond donors (Lipinski definition) is 0. The number of fused-ring (bicyclic) bond motifs is 1. The summed E-state index contributed by atoms with van der Waals surface area (Å²) in [6, 6.07) is 15.4. The molecule has 1 heterocycles. The number of azo groups is 1. The van der Waals surface area contributed by atoms with Crippen LogP contribution < -0.4 is 0 Å². The SMILES string of the molecule is Cc1ccc(N=NC(=C2C=C(C(C)(C)C)C(=O)C(C(C)(C)C)=C2)c2cc3ccccc3o2)cc1Cl. The van der Waals surface area contributed by atoms with E-state index in [-0.39, 0.29) is 16.6 Å². The van der Waals surface area contributed by atoms with E-state index in [1.54, 1.807) is 6.07 Å². The van der Waals surface area contributed by atoms with Gasteiger partial charge >= 0.3 is 0 Å². The quantitative estimate of drug-likeness (QED) is 0.346. The van der Waals surface area contributed by atoms with Gasteiger partial charge in [-0.2, -0.15) is 5.11 Å². The number of furan rings is 1. The van der Waals surface area contributed by atoms with Crippen LogP contribution in [0.15, 0.2) is 92.0 Å². The Morgan fingerprint density at radius 2 is 1.51 bits per heavy atom. The molecular formula is C30H31ClN2O2. The molecule has 4 rings (SSSR count). The molecule has 0 unspecified atom stereocenters. The van der Waals surface area contributed by atoms with Crippen LogP contribution in [0.3, 0.4) is 0 Å². The molecule has 0 fully saturated rings. The number of carbonyl (C=O) groups is 1. The molecule has 1 aliphatic rings. The van der Waals surface area contributed by atoms with Crippen LogP contribution >= 0.6 is 11.6 Å². The summed E-state index contributed by atoms with van der Waals surface area (Å²) in [7, 11) is 0. The molecule has 0 amide bonds. The maximum absolute atomic E-state index is 13.5. The minimum atomic E-state index is -0.340. The molecule has 0 aliphatic heterocycles. The van der Waals surface area contributed by atoms with E-state index in [1.165, 1.54) is 0 Å². The monoisotopic (exact) mass is 486 g/mol. The van der Waals surface area contributed by atoms with Crippen LogP contribution in [0.25, 0.3) is 16.7 Å². The molecule has 0 bridgehead atoms. The second-order valence-electron chi connectivity index (χ2n) is 11.0. The minimum absolute atomic E-state index is 0.0694. The number of carbonyl (C=O) groups excluding carboxylic acids is 1. The smallest absolute Gasteiger partial charge is 0.186 e. The zero-order valence-electron chi connectivity index (χ0n) is 21.4. The van der Waals surface area contributed by atoms with Crippen molar-refractivity contribution in [1.82, 2.24) is 0 Å². The Labute approximate surface area is 212 Å². The lowest BCUT2D eigenvalue weighted by atomic mass is 9.71. The normalized spacial score (nSPS) is 15.1. The lowest BCUT2D eigenvalue weighted by Gasteiger charge is -2.31. The van der Waals surface area contributed by atoms with Gasteiger partial charge in [-0.05, 0) is 59.7 Å². The number of rotatable bonds is 3. The number of allylic oxidation sites excluding steroid dienone is 5. The molecule has 0 saturated carbocycles. The van der Waals surface area contributed by atoms with E-state index in [9.17, 15) is 4.79 Å². The third kappa shape index (κ3) is 5.23. The molecular weight excluding hydrogens is 456 g/mol. The summed E-state index contributed by atoms with van der Waals surface area (Å²) in [4.78, 5) is 13.5. The topological polar surface area (TPSA) is 54.9 Å². The molecule has 1 aliphatic carbocycles. The van der Waals surface area contributed by atoms with Gasteiger partial charge in [0.05, 0.1) is 5.69 Å². The third-order valence-electron chi connectivity index (χ3n) is 6.06. The fourth-order valence-electron chi connectivity index (χ4n) is 3.98. The summed E-state index contributed by atoms with van der Waals surface area (Å²) < 4.78 is 6.20. The van der Waals surface area contributed by atoms with Crippen LogP contribution in [0, 0.1) is 17.8 Å². The minimum Gasteiger partial charge on any atom is -0.454 e. The summed E-state index contributed by atoms with van der Waals surface area (Å²) in [5, 5.41) is 10.8. The molecule has 0 radical (unpaired) electrons. The van der Waals surface area contributed by atoms with E-state index in [0.29, 0.717) is 22.2 Å². The van der Waals surface area contributed by atoms with Gasteiger partial charge in [-0.15, -0.1) is 5.11 Å². The van der Waals surface area contributed by atoms with Crippen molar-refractivity contribution in [3.8, 4) is 0 Å². The third-order valence-corrected chi connectivity index (χ3v) is 6.47. The number of aryl methyl sites for hydroxylation is 1. The second kappa shape index (κ2) is 9.09. The molecule has 4 nitrogen and oxygen atoms in total. The first-order valence-electron chi connectivity index (χ1n) is 11.7. The summed E-state index contributed by atoms with van der Waals surface area (Å²) in [5.74, 6) is 0.659. The highest BCUT2D eigenvalue weighted by molar-refractivity contribution is 6.31. The standard InChI is InChI=1S/C30H31ClN2O2/c1-18-12-13-21(17-24(18)31)32-33-27(26-16-19-10-8-9-11-25(19)35-26)20-14-22(29(2,3)4)28(34)23(15-20)30(5,6)7/h8-17H,1-7H3. The van der Waals surface area contributed by atoms with Crippen LogP contribution in [0.4, 0.5) is 5.69 Å². The van der Waals surface area contributed by atoms with Crippen molar-refractivity contribution < 1.29 is 9.21 Å². The van der Waals surface area contributed by atoms with E-state index in [4.69, 9.17) is 16.0 Å². The predicted molar refractivity (Wildman–Crippen MR) is 144 cm³/mol. The van der Waals surface area contributed by atoms with Crippen molar-refractivity contribution in [1.29, 1.82) is 0 Å². The van der Waals surface area contributed by atoms with Gasteiger partial charge in [0.25, 0.3) is 0 Å². The van der Waals surface area contributed by atoms with E-state index < -0.39 is 0 Å². The number of benzene rings is 2. The van der Waals surface area contributed by atoms with E-state index in [1.807, 2.05) is 61.5 Å². The Hall–Kier alpha value is -3.24. The largest absolute Gasteiger partial charge is 0.454 e. The van der Waals surface area contributed by atoms with Gasteiger partial charge in [0.2, 0.25) is 0 Å². The average molecular weight is 487 g/mol. The van der Waals surface area contributed by atoms with E-state index in [2.05, 4.69) is 51.8 Å². The summed E-state index contributed by atoms with van der Waals surface area (Å²) in [6.07, 6.45) is 3.86. The summed E-state index contributed by atoms with van der Waals surface area (Å²) >= 11 is 6.31. The fraction of sp³-hybridized carbons (Fsp3) is 0.300. The number of hydrogen-bond acceptors (Lipinski definition) is 4. The Morgan fingerprint density at radius 1 is 0.886 bits per heavy atom. The Bertz CT molecular complexity index is 1370. The van der Waals surface area contributed by atoms with Crippen molar-refractivity contribution in [3.63, 3.8) is 0 Å². The van der Waals surface area contributed by atoms with Gasteiger partial charge in [0.1, 0.15) is 11.3 Å². The molecule has 35 heavy (non-hydrogen) atoms. The van der Waals surface area contributed by atoms with Crippen LogP contribution in [0.1, 0.15) is 52.9 Å². The number of halogens is 1. The molecule has 5 heteroatoms. The molecule has 1 aromatic heterocycles. The first-order chi connectivity index (χ1) is 16.3. The van der Waals surface area contributed by atoms with Gasteiger partial charge in [0, 0.05) is 27.1 Å².